The van der Waals surface area contributed by atoms with E-state index < -0.39 is 5.60 Å². The predicted molar refractivity (Wildman–Crippen MR) is 116 cm³/mol. The number of carbonyl (C=O) groups is 1. The quantitative estimate of drug-likeness (QED) is 0.513. The van der Waals surface area contributed by atoms with Crippen LogP contribution in [0.25, 0.3) is 0 Å². The zero-order valence-electron chi connectivity index (χ0n) is 19.0. The average Bonchev–Trinajstić information content (AvgIpc) is 2.66. The highest BCUT2D eigenvalue weighted by Gasteiger charge is 2.34. The molecular formula is C21H34N4O5. The SMILES string of the molecule is CN=C(NCCc1c(OC)cc(OC)cc1OC)NC1CN(C(=O)OC(C)(C)C)C1. The van der Waals surface area contributed by atoms with Crippen molar-refractivity contribution in [1.82, 2.24) is 15.5 Å². The molecule has 0 aromatic heterocycles. The van der Waals surface area contributed by atoms with Crippen molar-refractivity contribution in [1.29, 1.82) is 0 Å². The molecule has 0 spiro atoms. The summed E-state index contributed by atoms with van der Waals surface area (Å²) in [7, 11) is 6.57. The van der Waals surface area contributed by atoms with Crippen molar-refractivity contribution in [3.8, 4) is 17.2 Å². The topological polar surface area (TPSA) is 93.7 Å². The van der Waals surface area contributed by atoms with E-state index in [1.807, 2.05) is 32.9 Å². The number of guanidine groups is 1. The van der Waals surface area contributed by atoms with Gasteiger partial charge in [-0.05, 0) is 27.2 Å². The Hall–Kier alpha value is -2.84. The molecule has 0 atom stereocenters. The number of hydrogen-bond donors (Lipinski definition) is 2. The number of nitrogens with zero attached hydrogens (tertiary/aromatic N) is 2. The van der Waals surface area contributed by atoms with E-state index in [0.29, 0.717) is 49.3 Å². The molecule has 1 aromatic carbocycles. The third kappa shape index (κ3) is 6.33. The van der Waals surface area contributed by atoms with E-state index in [9.17, 15) is 4.79 Å². The molecule has 9 nitrogen and oxygen atoms in total. The van der Waals surface area contributed by atoms with Crippen molar-refractivity contribution in [3.63, 3.8) is 0 Å². The molecule has 1 heterocycles. The van der Waals surface area contributed by atoms with Gasteiger partial charge in [-0.15, -0.1) is 0 Å². The maximum atomic E-state index is 12.0. The summed E-state index contributed by atoms with van der Waals surface area (Å²) in [5, 5.41) is 6.61. The van der Waals surface area contributed by atoms with Gasteiger partial charge < -0.3 is 34.5 Å². The Bertz CT molecular complexity index is 729. The van der Waals surface area contributed by atoms with Crippen LogP contribution in [0, 0.1) is 0 Å². The average molecular weight is 423 g/mol. The minimum atomic E-state index is -0.489. The standard InChI is InChI=1S/C21H34N4O5/c1-21(2,3)30-20(26)25-12-14(13-25)24-19(22-4)23-9-8-16-17(28-6)10-15(27-5)11-18(16)29-7/h10-11,14H,8-9,12-13H2,1-7H3,(H2,22,23,24). The summed E-state index contributed by atoms with van der Waals surface area (Å²) in [6, 6.07) is 3.81. The Kier molecular flexibility index (Phi) is 8.02. The number of nitrogens with one attached hydrogen (secondary N) is 2. The van der Waals surface area contributed by atoms with Crippen LogP contribution in [0.15, 0.2) is 17.1 Å². The van der Waals surface area contributed by atoms with E-state index in [0.717, 1.165) is 5.56 Å². The van der Waals surface area contributed by atoms with Crippen LogP contribution in [0.1, 0.15) is 26.3 Å². The lowest BCUT2D eigenvalue weighted by atomic mass is 10.1. The molecular weight excluding hydrogens is 388 g/mol. The van der Waals surface area contributed by atoms with Crippen LogP contribution >= 0.6 is 0 Å². The lowest BCUT2D eigenvalue weighted by Crippen LogP contribution is -2.63. The number of methoxy groups -OCH3 is 3. The van der Waals surface area contributed by atoms with Crippen LogP contribution in [0.2, 0.25) is 0 Å². The van der Waals surface area contributed by atoms with Gasteiger partial charge in [0.1, 0.15) is 22.8 Å². The molecule has 0 unspecified atom stereocenters. The van der Waals surface area contributed by atoms with E-state index in [2.05, 4.69) is 15.6 Å². The normalized spacial score (nSPS) is 14.6. The summed E-state index contributed by atoms with van der Waals surface area (Å²) in [5.74, 6) is 2.78. The van der Waals surface area contributed by atoms with Gasteiger partial charge in [-0.3, -0.25) is 4.99 Å². The van der Waals surface area contributed by atoms with Gasteiger partial charge in [-0.25, -0.2) is 4.79 Å². The molecule has 9 heteroatoms. The maximum absolute atomic E-state index is 12.0. The monoisotopic (exact) mass is 422 g/mol. The van der Waals surface area contributed by atoms with Gasteiger partial charge in [0.25, 0.3) is 0 Å². The first-order chi connectivity index (χ1) is 14.2. The largest absolute Gasteiger partial charge is 0.496 e. The zero-order valence-corrected chi connectivity index (χ0v) is 19.0. The second-order valence-corrected chi connectivity index (χ2v) is 7.99. The summed E-state index contributed by atoms with van der Waals surface area (Å²) >= 11 is 0. The maximum Gasteiger partial charge on any atom is 0.410 e. The molecule has 30 heavy (non-hydrogen) atoms. The Balaban J connectivity index is 1.84. The molecule has 2 rings (SSSR count). The van der Waals surface area contributed by atoms with E-state index in [1.165, 1.54) is 0 Å². The lowest BCUT2D eigenvalue weighted by Gasteiger charge is -2.40. The van der Waals surface area contributed by atoms with E-state index in [4.69, 9.17) is 18.9 Å². The molecule has 0 aliphatic carbocycles. The third-order valence-electron chi connectivity index (χ3n) is 4.58. The molecule has 1 saturated heterocycles. The lowest BCUT2D eigenvalue weighted by molar-refractivity contribution is 0.00701. The van der Waals surface area contributed by atoms with Gasteiger partial charge in [0.05, 0.1) is 27.4 Å². The third-order valence-corrected chi connectivity index (χ3v) is 4.58. The molecule has 2 N–H and O–H groups in total. The smallest absolute Gasteiger partial charge is 0.410 e. The van der Waals surface area contributed by atoms with Gasteiger partial charge in [0.15, 0.2) is 5.96 Å². The minimum Gasteiger partial charge on any atom is -0.496 e. The second kappa shape index (κ2) is 10.3. The highest BCUT2D eigenvalue weighted by molar-refractivity contribution is 5.80. The molecule has 1 aromatic rings. The molecule has 0 bridgehead atoms. The molecule has 1 fully saturated rings. The van der Waals surface area contributed by atoms with Crippen LogP contribution in [-0.2, 0) is 11.2 Å². The van der Waals surface area contributed by atoms with Crippen molar-refractivity contribution < 1.29 is 23.7 Å². The Morgan fingerprint density at radius 2 is 1.73 bits per heavy atom. The van der Waals surface area contributed by atoms with Crippen molar-refractivity contribution in [2.45, 2.75) is 38.8 Å². The van der Waals surface area contributed by atoms with Gasteiger partial charge >= 0.3 is 6.09 Å². The van der Waals surface area contributed by atoms with Crippen molar-refractivity contribution in [2.75, 3.05) is 48.0 Å². The van der Waals surface area contributed by atoms with E-state index >= 15 is 0 Å². The minimum absolute atomic E-state index is 0.133. The van der Waals surface area contributed by atoms with Crippen molar-refractivity contribution in [2.24, 2.45) is 4.99 Å². The first-order valence-corrected chi connectivity index (χ1v) is 9.94. The highest BCUT2D eigenvalue weighted by Crippen LogP contribution is 2.34. The summed E-state index contributed by atoms with van der Waals surface area (Å²) in [6.07, 6.45) is 0.383. The van der Waals surface area contributed by atoms with Crippen molar-refractivity contribution >= 4 is 12.1 Å². The number of carbonyl (C=O) groups excluding carboxylic acids is 1. The molecule has 1 aliphatic rings. The number of amides is 1. The number of benzene rings is 1. The molecule has 0 radical (unpaired) electrons. The van der Waals surface area contributed by atoms with Crippen LogP contribution in [0.5, 0.6) is 17.2 Å². The van der Waals surface area contributed by atoms with E-state index in [-0.39, 0.29) is 12.1 Å². The number of likely N-dealkylation sites (tertiary alicyclic amines) is 1. The molecule has 168 valence electrons. The first-order valence-electron chi connectivity index (χ1n) is 9.94. The molecule has 0 saturated carbocycles. The summed E-state index contributed by atoms with van der Waals surface area (Å²) in [5.41, 5.74) is 0.458. The Morgan fingerprint density at radius 1 is 1.13 bits per heavy atom. The fraction of sp³-hybridized carbons (Fsp3) is 0.619. The van der Waals surface area contributed by atoms with Crippen LogP contribution in [-0.4, -0.2) is 76.6 Å². The summed E-state index contributed by atoms with van der Waals surface area (Å²) in [4.78, 5) is 18.0. The predicted octanol–water partition coefficient (Wildman–Crippen LogP) is 2.04. The summed E-state index contributed by atoms with van der Waals surface area (Å²) < 4.78 is 21.6. The second-order valence-electron chi connectivity index (χ2n) is 7.99. The fourth-order valence-electron chi connectivity index (χ4n) is 3.06. The van der Waals surface area contributed by atoms with Crippen LogP contribution in [0.4, 0.5) is 4.79 Å². The molecule has 1 aliphatic heterocycles. The summed E-state index contributed by atoms with van der Waals surface area (Å²) in [6.45, 7) is 7.36. The van der Waals surface area contributed by atoms with E-state index in [1.54, 1.807) is 33.3 Å². The Morgan fingerprint density at radius 3 is 2.20 bits per heavy atom. The number of hydrogen-bond acceptors (Lipinski definition) is 6. The number of ether oxygens (including phenoxy) is 4. The van der Waals surface area contributed by atoms with Gasteiger partial charge in [0.2, 0.25) is 0 Å². The fourth-order valence-corrected chi connectivity index (χ4v) is 3.06. The van der Waals surface area contributed by atoms with Gasteiger partial charge in [0, 0.05) is 44.4 Å². The van der Waals surface area contributed by atoms with Crippen LogP contribution in [0.3, 0.4) is 0 Å². The van der Waals surface area contributed by atoms with Crippen molar-refractivity contribution in [3.05, 3.63) is 17.7 Å². The number of rotatable bonds is 7. The van der Waals surface area contributed by atoms with Crippen LogP contribution < -0.4 is 24.8 Å². The Labute approximate surface area is 178 Å². The first kappa shape index (κ1) is 23.4. The van der Waals surface area contributed by atoms with Gasteiger partial charge in [-0.1, -0.05) is 0 Å². The number of aliphatic imine (C=N–C) groups is 1. The van der Waals surface area contributed by atoms with Gasteiger partial charge in [-0.2, -0.15) is 0 Å². The highest BCUT2D eigenvalue weighted by atomic mass is 16.6. The zero-order chi connectivity index (χ0) is 22.3. The molecule has 1 amide bonds.